The Morgan fingerprint density at radius 2 is 2.00 bits per heavy atom. The third-order valence-electron chi connectivity index (χ3n) is 9.92. The topological polar surface area (TPSA) is 59.3 Å². The highest BCUT2D eigenvalue weighted by molar-refractivity contribution is 5.57. The Bertz CT molecular complexity index is 1110. The molecule has 2 bridgehead atoms. The SMILES string of the molecule is COc1ccc2c(c1CC1CC1)[C@]13CCN[C@H](C2)[C@]1(O)Cc1c(C)nn(C2CCCC2)c1C3. The summed E-state index contributed by atoms with van der Waals surface area (Å²) in [6.45, 7) is 3.13. The van der Waals surface area contributed by atoms with Crippen LogP contribution < -0.4 is 10.1 Å². The summed E-state index contributed by atoms with van der Waals surface area (Å²) in [4.78, 5) is 0. The quantitative estimate of drug-likeness (QED) is 0.745. The molecule has 1 saturated heterocycles. The number of methoxy groups -OCH3 is 1. The lowest BCUT2D eigenvalue weighted by atomic mass is 9.49. The Kier molecular flexibility index (Phi) is 4.40. The van der Waals surface area contributed by atoms with Crippen molar-refractivity contribution in [3.05, 3.63) is 45.8 Å². The normalized spacial score (nSPS) is 32.9. The van der Waals surface area contributed by atoms with Gasteiger partial charge in [0.05, 0.1) is 24.4 Å². The van der Waals surface area contributed by atoms with Crippen molar-refractivity contribution in [1.29, 1.82) is 0 Å². The van der Waals surface area contributed by atoms with Crippen molar-refractivity contribution < 1.29 is 9.84 Å². The van der Waals surface area contributed by atoms with E-state index in [1.54, 1.807) is 0 Å². The fraction of sp³-hybridized carbons (Fsp3) is 0.679. The van der Waals surface area contributed by atoms with Gasteiger partial charge in [-0.2, -0.15) is 5.10 Å². The maximum Gasteiger partial charge on any atom is 0.122 e. The van der Waals surface area contributed by atoms with Crippen molar-refractivity contribution in [2.75, 3.05) is 13.7 Å². The Morgan fingerprint density at radius 1 is 1.18 bits per heavy atom. The van der Waals surface area contributed by atoms with E-state index in [2.05, 4.69) is 29.1 Å². The largest absolute Gasteiger partial charge is 0.496 e. The Hall–Kier alpha value is -1.85. The van der Waals surface area contributed by atoms with Crippen molar-refractivity contribution >= 4 is 0 Å². The molecule has 0 radical (unpaired) electrons. The molecule has 0 spiro atoms. The van der Waals surface area contributed by atoms with Gasteiger partial charge in [0.2, 0.25) is 0 Å². The first kappa shape index (κ1) is 20.5. The second-order valence-electron chi connectivity index (χ2n) is 11.6. The van der Waals surface area contributed by atoms with Crippen LogP contribution in [0.4, 0.5) is 0 Å². The third kappa shape index (κ3) is 2.75. The van der Waals surface area contributed by atoms with E-state index in [9.17, 15) is 5.11 Å². The zero-order valence-electron chi connectivity index (χ0n) is 20.1. The molecule has 2 saturated carbocycles. The molecule has 7 rings (SSSR count). The lowest BCUT2D eigenvalue weighted by molar-refractivity contribution is -0.107. The number of nitrogens with zero attached hydrogens (tertiary/aromatic N) is 2. The van der Waals surface area contributed by atoms with Gasteiger partial charge >= 0.3 is 0 Å². The number of piperidine rings is 1. The van der Waals surface area contributed by atoms with Gasteiger partial charge in [0.25, 0.3) is 0 Å². The van der Waals surface area contributed by atoms with Crippen molar-refractivity contribution in [3.8, 4) is 5.75 Å². The maximum absolute atomic E-state index is 12.7. The van der Waals surface area contributed by atoms with Gasteiger partial charge in [0, 0.05) is 30.0 Å². The van der Waals surface area contributed by atoms with Crippen molar-refractivity contribution in [2.24, 2.45) is 5.92 Å². The molecule has 1 aromatic heterocycles. The molecule has 5 aliphatic rings. The number of aryl methyl sites for hydroxylation is 1. The van der Waals surface area contributed by atoms with Crippen molar-refractivity contribution in [2.45, 2.75) is 101 Å². The van der Waals surface area contributed by atoms with Crippen LogP contribution >= 0.6 is 0 Å². The Balaban J connectivity index is 1.45. The highest BCUT2D eigenvalue weighted by atomic mass is 16.5. The predicted molar refractivity (Wildman–Crippen MR) is 128 cm³/mol. The van der Waals surface area contributed by atoms with Crippen LogP contribution in [0.25, 0.3) is 0 Å². The zero-order valence-corrected chi connectivity index (χ0v) is 20.1. The number of fused-ring (bicyclic) bond motifs is 2. The summed E-state index contributed by atoms with van der Waals surface area (Å²) in [5.41, 5.74) is 7.10. The molecule has 2 N–H and O–H groups in total. The molecule has 0 unspecified atom stereocenters. The fourth-order valence-corrected chi connectivity index (χ4v) is 8.10. The first-order valence-corrected chi connectivity index (χ1v) is 13.3. The smallest absolute Gasteiger partial charge is 0.122 e. The molecule has 2 aromatic rings. The zero-order chi connectivity index (χ0) is 22.4. The minimum absolute atomic E-state index is 0.100. The van der Waals surface area contributed by atoms with Crippen LogP contribution in [0.5, 0.6) is 5.75 Å². The van der Waals surface area contributed by atoms with Crippen LogP contribution in [0.3, 0.4) is 0 Å². The first-order chi connectivity index (χ1) is 16.0. The molecule has 5 heteroatoms. The van der Waals surface area contributed by atoms with Gasteiger partial charge < -0.3 is 15.2 Å². The van der Waals surface area contributed by atoms with Crippen LogP contribution in [0.1, 0.15) is 84.6 Å². The van der Waals surface area contributed by atoms with E-state index < -0.39 is 5.60 Å². The molecule has 2 heterocycles. The molecule has 1 aromatic carbocycles. The molecular formula is C28H37N3O2. The van der Waals surface area contributed by atoms with Crippen LogP contribution in [0.2, 0.25) is 0 Å². The summed E-state index contributed by atoms with van der Waals surface area (Å²) in [5, 5.41) is 21.5. The number of ether oxygens (including phenoxy) is 1. The summed E-state index contributed by atoms with van der Waals surface area (Å²) in [5.74, 6) is 1.81. The maximum atomic E-state index is 12.7. The lowest BCUT2D eigenvalue weighted by Crippen LogP contribution is -2.73. The average Bonchev–Trinajstić information content (AvgIpc) is 3.34. The third-order valence-corrected chi connectivity index (χ3v) is 9.92. The molecule has 1 aliphatic heterocycles. The van der Waals surface area contributed by atoms with E-state index >= 15 is 0 Å². The van der Waals surface area contributed by atoms with Gasteiger partial charge in [0.15, 0.2) is 0 Å². The fourth-order valence-electron chi connectivity index (χ4n) is 8.10. The minimum atomic E-state index is -0.774. The first-order valence-electron chi connectivity index (χ1n) is 13.3. The van der Waals surface area contributed by atoms with Crippen LogP contribution in [-0.2, 0) is 31.1 Å². The highest BCUT2D eigenvalue weighted by Gasteiger charge is 2.64. The van der Waals surface area contributed by atoms with Crippen molar-refractivity contribution in [1.82, 2.24) is 15.1 Å². The van der Waals surface area contributed by atoms with E-state index in [4.69, 9.17) is 9.84 Å². The van der Waals surface area contributed by atoms with Gasteiger partial charge in [-0.25, -0.2) is 0 Å². The van der Waals surface area contributed by atoms with Gasteiger partial charge in [0.1, 0.15) is 5.75 Å². The predicted octanol–water partition coefficient (Wildman–Crippen LogP) is 3.95. The van der Waals surface area contributed by atoms with Gasteiger partial charge in [-0.1, -0.05) is 18.9 Å². The number of rotatable bonds is 4. The summed E-state index contributed by atoms with van der Waals surface area (Å²) < 4.78 is 8.35. The number of hydrogen-bond acceptors (Lipinski definition) is 4. The average molecular weight is 448 g/mol. The van der Waals surface area contributed by atoms with E-state index in [1.165, 1.54) is 66.5 Å². The molecular weight excluding hydrogens is 410 g/mol. The number of benzene rings is 1. The van der Waals surface area contributed by atoms with Gasteiger partial charge in [-0.15, -0.1) is 0 Å². The number of hydrogen-bond donors (Lipinski definition) is 2. The highest BCUT2D eigenvalue weighted by Crippen LogP contribution is 2.58. The number of aromatic nitrogens is 2. The van der Waals surface area contributed by atoms with Gasteiger partial charge in [-0.05, 0) is 92.7 Å². The second kappa shape index (κ2) is 7.08. The molecule has 3 fully saturated rings. The number of aliphatic hydroxyl groups is 1. The Morgan fingerprint density at radius 3 is 2.76 bits per heavy atom. The van der Waals surface area contributed by atoms with E-state index in [1.807, 2.05) is 7.11 Å². The van der Waals surface area contributed by atoms with Crippen LogP contribution in [0, 0.1) is 12.8 Å². The second-order valence-corrected chi connectivity index (χ2v) is 11.6. The summed E-state index contributed by atoms with van der Waals surface area (Å²) >= 11 is 0. The molecule has 33 heavy (non-hydrogen) atoms. The minimum Gasteiger partial charge on any atom is -0.496 e. The van der Waals surface area contributed by atoms with Crippen LogP contribution in [-0.4, -0.2) is 40.2 Å². The number of nitrogens with one attached hydrogen (secondary N) is 1. The summed E-state index contributed by atoms with van der Waals surface area (Å²) in [6.07, 6.45) is 12.4. The Labute approximate surface area is 196 Å². The lowest BCUT2D eigenvalue weighted by Gasteiger charge is -2.61. The molecule has 176 valence electrons. The van der Waals surface area contributed by atoms with Gasteiger partial charge in [-0.3, -0.25) is 4.68 Å². The van der Waals surface area contributed by atoms with E-state index in [0.717, 1.165) is 56.0 Å². The summed E-state index contributed by atoms with van der Waals surface area (Å²) in [6, 6.07) is 5.12. The molecule has 0 amide bonds. The van der Waals surface area contributed by atoms with E-state index in [0.29, 0.717) is 6.04 Å². The monoisotopic (exact) mass is 447 g/mol. The van der Waals surface area contributed by atoms with Crippen molar-refractivity contribution in [3.63, 3.8) is 0 Å². The van der Waals surface area contributed by atoms with Crippen LogP contribution in [0.15, 0.2) is 12.1 Å². The summed E-state index contributed by atoms with van der Waals surface area (Å²) in [7, 11) is 1.81. The standard InChI is InChI=1S/C28H37N3O2/c1-17-22-15-28(32)25-14-19-9-10-24(33-2)21(13-18-7-8-18)26(19)27(28,11-12-29-25)16-23(22)31(30-17)20-5-3-4-6-20/h9-10,18,20,25,29,32H,3-8,11-16H2,1-2H3/t25-,27-,28-/m1/s1. The molecule has 5 nitrogen and oxygen atoms in total. The molecule has 3 atom stereocenters. The van der Waals surface area contributed by atoms with E-state index in [-0.39, 0.29) is 11.5 Å². The molecule has 4 aliphatic carbocycles.